The average molecular weight is 250 g/mol. The van der Waals surface area contributed by atoms with Gasteiger partial charge in [0.2, 0.25) is 0 Å². The zero-order chi connectivity index (χ0) is 13.9. The first-order valence-corrected chi connectivity index (χ1v) is 5.99. The Morgan fingerprint density at radius 1 is 1.39 bits per heavy atom. The summed E-state index contributed by atoms with van der Waals surface area (Å²) in [6, 6.07) is 5.71. The summed E-state index contributed by atoms with van der Waals surface area (Å²) >= 11 is 0. The molecule has 1 aromatic carbocycles. The lowest BCUT2D eigenvalue weighted by Crippen LogP contribution is -2.34. The van der Waals surface area contributed by atoms with Gasteiger partial charge in [0.25, 0.3) is 0 Å². The first-order chi connectivity index (χ1) is 8.20. The van der Waals surface area contributed by atoms with Crippen molar-refractivity contribution in [3.8, 4) is 0 Å². The number of benzene rings is 1. The number of nitrogens with two attached hydrogens (primary N) is 1. The number of carbonyl (C=O) groups excluding carboxylic acids is 1. The normalized spacial score (nSPS) is 11.2. The topological polar surface area (TPSA) is 55.6 Å². The summed E-state index contributed by atoms with van der Waals surface area (Å²) < 4.78 is 5.30. The minimum Gasteiger partial charge on any atom is -0.444 e. The van der Waals surface area contributed by atoms with Gasteiger partial charge in [0.05, 0.1) is 0 Å². The maximum atomic E-state index is 11.8. The summed E-state index contributed by atoms with van der Waals surface area (Å²) in [7, 11) is 1.72. The van der Waals surface area contributed by atoms with Crippen LogP contribution in [0.1, 0.15) is 31.9 Å². The summed E-state index contributed by atoms with van der Waals surface area (Å²) in [4.78, 5) is 13.4. The molecule has 0 fully saturated rings. The third-order valence-electron chi connectivity index (χ3n) is 2.60. The number of anilines is 1. The van der Waals surface area contributed by atoms with E-state index in [1.165, 1.54) is 0 Å². The molecule has 18 heavy (non-hydrogen) atoms. The van der Waals surface area contributed by atoms with Gasteiger partial charge in [-0.3, -0.25) is 0 Å². The summed E-state index contributed by atoms with van der Waals surface area (Å²) in [6.45, 7) is 8.00. The fraction of sp³-hybridized carbons (Fsp3) is 0.500. The lowest BCUT2D eigenvalue weighted by molar-refractivity contribution is 0.0285. The highest BCUT2D eigenvalue weighted by atomic mass is 16.6. The van der Waals surface area contributed by atoms with Gasteiger partial charge < -0.3 is 15.4 Å². The quantitative estimate of drug-likeness (QED) is 0.821. The minimum absolute atomic E-state index is 0.329. The number of ether oxygens (including phenoxy) is 1. The van der Waals surface area contributed by atoms with E-state index in [0.29, 0.717) is 6.54 Å². The number of nitrogens with zero attached hydrogens (tertiary/aromatic N) is 1. The molecule has 1 amide bonds. The van der Waals surface area contributed by atoms with E-state index in [-0.39, 0.29) is 6.09 Å². The van der Waals surface area contributed by atoms with E-state index in [1.807, 2.05) is 45.9 Å². The molecule has 0 bridgehead atoms. The highest BCUT2D eigenvalue weighted by Gasteiger charge is 2.20. The van der Waals surface area contributed by atoms with Crippen molar-refractivity contribution in [2.45, 2.75) is 39.8 Å². The van der Waals surface area contributed by atoms with Gasteiger partial charge >= 0.3 is 6.09 Å². The molecule has 0 radical (unpaired) electrons. The fourth-order valence-electron chi connectivity index (χ4n) is 1.53. The number of hydrogen-bond acceptors (Lipinski definition) is 3. The van der Waals surface area contributed by atoms with Gasteiger partial charge in [-0.2, -0.15) is 0 Å². The highest BCUT2D eigenvalue weighted by Crippen LogP contribution is 2.18. The molecule has 0 atom stereocenters. The van der Waals surface area contributed by atoms with E-state index in [4.69, 9.17) is 10.5 Å². The molecule has 0 saturated carbocycles. The summed E-state index contributed by atoms with van der Waals surface area (Å²) in [6.07, 6.45) is -0.329. The van der Waals surface area contributed by atoms with Gasteiger partial charge in [-0.15, -0.1) is 0 Å². The summed E-state index contributed by atoms with van der Waals surface area (Å²) in [5.74, 6) is 0. The molecule has 100 valence electrons. The Morgan fingerprint density at radius 3 is 2.56 bits per heavy atom. The largest absolute Gasteiger partial charge is 0.444 e. The van der Waals surface area contributed by atoms with Gasteiger partial charge in [0.1, 0.15) is 5.60 Å². The van der Waals surface area contributed by atoms with Gasteiger partial charge in [-0.05, 0) is 44.9 Å². The van der Waals surface area contributed by atoms with Gasteiger partial charge in [0.15, 0.2) is 0 Å². The van der Waals surface area contributed by atoms with E-state index in [1.54, 1.807) is 11.9 Å². The number of carbonyl (C=O) groups is 1. The van der Waals surface area contributed by atoms with Crippen molar-refractivity contribution in [3.63, 3.8) is 0 Å². The molecule has 1 rings (SSSR count). The van der Waals surface area contributed by atoms with Crippen LogP contribution in [0.3, 0.4) is 0 Å². The SMILES string of the molecule is Cc1c(N)cccc1CN(C)C(=O)OC(C)(C)C. The van der Waals surface area contributed by atoms with E-state index < -0.39 is 5.60 Å². The molecule has 1 aromatic rings. The summed E-state index contributed by atoms with van der Waals surface area (Å²) in [5.41, 5.74) is 8.14. The van der Waals surface area contributed by atoms with Crippen LogP contribution in [0.15, 0.2) is 18.2 Å². The van der Waals surface area contributed by atoms with Crippen molar-refractivity contribution in [3.05, 3.63) is 29.3 Å². The summed E-state index contributed by atoms with van der Waals surface area (Å²) in [5, 5.41) is 0. The Bertz CT molecular complexity index is 436. The lowest BCUT2D eigenvalue weighted by atomic mass is 10.1. The monoisotopic (exact) mass is 250 g/mol. The molecule has 0 aliphatic carbocycles. The van der Waals surface area contributed by atoms with Crippen LogP contribution in [0.2, 0.25) is 0 Å². The zero-order valence-electron chi connectivity index (χ0n) is 11.8. The standard InChI is InChI=1S/C14H22N2O2/c1-10-11(7-6-8-12(10)15)9-16(5)13(17)18-14(2,3)4/h6-8H,9,15H2,1-5H3. The van der Waals surface area contributed by atoms with Crippen LogP contribution in [0.25, 0.3) is 0 Å². The molecular formula is C14H22N2O2. The van der Waals surface area contributed by atoms with Gasteiger partial charge in [-0.1, -0.05) is 12.1 Å². The van der Waals surface area contributed by atoms with Crippen LogP contribution in [0.4, 0.5) is 10.5 Å². The molecule has 0 aliphatic heterocycles. The van der Waals surface area contributed by atoms with Gasteiger partial charge in [0, 0.05) is 19.3 Å². The van der Waals surface area contributed by atoms with E-state index >= 15 is 0 Å². The third-order valence-corrected chi connectivity index (χ3v) is 2.60. The molecule has 0 heterocycles. The Hall–Kier alpha value is -1.71. The molecule has 0 aliphatic rings. The van der Waals surface area contributed by atoms with E-state index in [2.05, 4.69) is 0 Å². The first-order valence-electron chi connectivity index (χ1n) is 5.99. The highest BCUT2D eigenvalue weighted by molar-refractivity contribution is 5.68. The maximum Gasteiger partial charge on any atom is 0.410 e. The smallest absolute Gasteiger partial charge is 0.410 e. The number of rotatable bonds is 2. The predicted octanol–water partition coefficient (Wildman–Crippen LogP) is 2.94. The van der Waals surface area contributed by atoms with Crippen LogP contribution >= 0.6 is 0 Å². The van der Waals surface area contributed by atoms with Crippen molar-refractivity contribution in [1.29, 1.82) is 0 Å². The molecular weight excluding hydrogens is 228 g/mol. The predicted molar refractivity (Wildman–Crippen MR) is 73.3 cm³/mol. The second-order valence-corrected chi connectivity index (χ2v) is 5.47. The second-order valence-electron chi connectivity index (χ2n) is 5.47. The Balaban J connectivity index is 2.73. The van der Waals surface area contributed by atoms with Crippen molar-refractivity contribution >= 4 is 11.8 Å². The van der Waals surface area contributed by atoms with Crippen LogP contribution in [-0.4, -0.2) is 23.6 Å². The number of hydrogen-bond donors (Lipinski definition) is 1. The molecule has 0 saturated heterocycles. The van der Waals surface area contributed by atoms with E-state index in [9.17, 15) is 4.79 Å². The maximum absolute atomic E-state index is 11.8. The molecule has 2 N–H and O–H groups in total. The van der Waals surface area contributed by atoms with Crippen molar-refractivity contribution < 1.29 is 9.53 Å². The Labute approximate surface area is 109 Å². The minimum atomic E-state index is -0.476. The third kappa shape index (κ3) is 3.95. The molecule has 4 heteroatoms. The second kappa shape index (κ2) is 5.29. The first kappa shape index (κ1) is 14.4. The Kier molecular flexibility index (Phi) is 4.22. The Morgan fingerprint density at radius 2 is 2.00 bits per heavy atom. The fourth-order valence-corrected chi connectivity index (χ4v) is 1.53. The molecule has 0 spiro atoms. The number of nitrogen functional groups attached to an aromatic ring is 1. The van der Waals surface area contributed by atoms with Crippen molar-refractivity contribution in [1.82, 2.24) is 4.90 Å². The van der Waals surface area contributed by atoms with Crippen molar-refractivity contribution in [2.24, 2.45) is 0 Å². The van der Waals surface area contributed by atoms with E-state index in [0.717, 1.165) is 16.8 Å². The van der Waals surface area contributed by atoms with Crippen molar-refractivity contribution in [2.75, 3.05) is 12.8 Å². The van der Waals surface area contributed by atoms with Crippen LogP contribution in [0, 0.1) is 6.92 Å². The molecule has 4 nitrogen and oxygen atoms in total. The zero-order valence-corrected chi connectivity index (χ0v) is 11.8. The average Bonchev–Trinajstić information content (AvgIpc) is 2.22. The molecule has 0 unspecified atom stereocenters. The van der Waals surface area contributed by atoms with Crippen LogP contribution in [0.5, 0.6) is 0 Å². The van der Waals surface area contributed by atoms with Crippen LogP contribution < -0.4 is 5.73 Å². The lowest BCUT2D eigenvalue weighted by Gasteiger charge is -2.25. The van der Waals surface area contributed by atoms with Gasteiger partial charge in [-0.25, -0.2) is 4.79 Å². The molecule has 0 aromatic heterocycles. The van der Waals surface area contributed by atoms with Crippen LogP contribution in [-0.2, 0) is 11.3 Å². The number of amides is 1.